The molecular formula is C7H12N2O3S. The Morgan fingerprint density at radius 3 is 2.62 bits per heavy atom. The van der Waals surface area contributed by atoms with Crippen LogP contribution in [-0.4, -0.2) is 46.3 Å². The van der Waals surface area contributed by atoms with Crippen LogP contribution < -0.4 is 5.73 Å². The zero-order chi connectivity index (χ0) is 10.0. The van der Waals surface area contributed by atoms with Crippen molar-refractivity contribution >= 4 is 24.5 Å². The van der Waals surface area contributed by atoms with Gasteiger partial charge in [0.1, 0.15) is 0 Å². The molecule has 1 fully saturated rings. The lowest BCUT2D eigenvalue weighted by Gasteiger charge is -2.38. The molecule has 1 heterocycles. The number of hydrogen-bond donors (Lipinski definition) is 3. The van der Waals surface area contributed by atoms with Crippen LogP contribution in [0.3, 0.4) is 0 Å². The van der Waals surface area contributed by atoms with Crippen LogP contribution in [0.2, 0.25) is 0 Å². The van der Waals surface area contributed by atoms with E-state index in [2.05, 4.69) is 12.6 Å². The Morgan fingerprint density at radius 2 is 2.31 bits per heavy atom. The third kappa shape index (κ3) is 1.94. The number of Topliss-reactive ketones (excluding diaryl/α,β-unsaturated/α-hetero) is 1. The van der Waals surface area contributed by atoms with Crippen molar-refractivity contribution < 1.29 is 14.7 Å². The molecule has 0 aromatic carbocycles. The number of nitrogens with zero attached hydrogens (tertiary/aromatic N) is 1. The molecule has 74 valence electrons. The summed E-state index contributed by atoms with van der Waals surface area (Å²) in [5.74, 6) is 0.0200. The number of amides is 1. The zero-order valence-corrected chi connectivity index (χ0v) is 7.91. The van der Waals surface area contributed by atoms with Crippen molar-refractivity contribution in [3.63, 3.8) is 0 Å². The topological polar surface area (TPSA) is 83.6 Å². The van der Waals surface area contributed by atoms with E-state index in [4.69, 9.17) is 10.8 Å². The van der Waals surface area contributed by atoms with Crippen LogP contribution in [0.25, 0.3) is 0 Å². The summed E-state index contributed by atoms with van der Waals surface area (Å²) < 4.78 is 0. The minimum Gasteiger partial charge on any atom is -0.465 e. The molecule has 2 unspecified atom stereocenters. The number of carboxylic acid groups (broad SMARTS) is 1. The fourth-order valence-electron chi connectivity index (χ4n) is 1.25. The van der Waals surface area contributed by atoms with Gasteiger partial charge in [-0.2, -0.15) is 12.6 Å². The summed E-state index contributed by atoms with van der Waals surface area (Å²) in [6, 6.07) is -1.20. The highest BCUT2D eigenvalue weighted by Gasteiger charge is 2.39. The molecule has 2 atom stereocenters. The van der Waals surface area contributed by atoms with Crippen molar-refractivity contribution in [1.82, 2.24) is 4.90 Å². The van der Waals surface area contributed by atoms with Crippen LogP contribution in [0.15, 0.2) is 0 Å². The van der Waals surface area contributed by atoms with Crippen LogP contribution in [0.4, 0.5) is 4.79 Å². The Morgan fingerprint density at radius 1 is 1.69 bits per heavy atom. The Labute approximate surface area is 81.3 Å². The van der Waals surface area contributed by atoms with Gasteiger partial charge in [0.05, 0.1) is 12.1 Å². The van der Waals surface area contributed by atoms with Gasteiger partial charge in [-0.3, -0.25) is 9.69 Å². The van der Waals surface area contributed by atoms with Crippen LogP contribution in [0, 0.1) is 0 Å². The average Bonchev–Trinajstić information content (AvgIpc) is 1.99. The molecule has 5 nitrogen and oxygen atoms in total. The molecule has 6 heteroatoms. The number of nitrogens with two attached hydrogens (primary N) is 1. The Hall–Kier alpha value is -0.750. The molecule has 1 rings (SSSR count). The average molecular weight is 204 g/mol. The highest BCUT2D eigenvalue weighted by Crippen LogP contribution is 2.19. The predicted molar refractivity (Wildman–Crippen MR) is 50.0 cm³/mol. The molecule has 0 bridgehead atoms. The Kier molecular flexibility index (Phi) is 3.16. The summed E-state index contributed by atoms with van der Waals surface area (Å²) in [6.07, 6.45) is -0.483. The third-order valence-electron chi connectivity index (χ3n) is 2.16. The fraction of sp³-hybridized carbons (Fsp3) is 0.714. The standard InChI is InChI=1S/C7H12N2O3S/c8-4(3-13)6(10)5-1-2-9(5)7(11)12/h4-5,13H,1-3,8H2,(H,11,12). The second-order valence-electron chi connectivity index (χ2n) is 2.97. The van der Waals surface area contributed by atoms with Gasteiger partial charge >= 0.3 is 6.09 Å². The maximum atomic E-state index is 11.4. The molecule has 13 heavy (non-hydrogen) atoms. The Balaban J connectivity index is 2.53. The fourth-order valence-corrected chi connectivity index (χ4v) is 1.43. The monoisotopic (exact) mass is 204 g/mol. The number of rotatable bonds is 3. The first-order valence-corrected chi connectivity index (χ1v) is 4.61. The van der Waals surface area contributed by atoms with E-state index in [9.17, 15) is 9.59 Å². The minimum absolute atomic E-state index is 0.233. The largest absolute Gasteiger partial charge is 0.465 e. The van der Waals surface area contributed by atoms with Gasteiger partial charge in [0.15, 0.2) is 5.78 Å². The van der Waals surface area contributed by atoms with Gasteiger partial charge in [0, 0.05) is 12.3 Å². The predicted octanol–water partition coefficient (Wildman–Crippen LogP) is -0.435. The van der Waals surface area contributed by atoms with E-state index in [1.54, 1.807) is 0 Å². The molecular weight excluding hydrogens is 192 g/mol. The van der Waals surface area contributed by atoms with Crippen molar-refractivity contribution in [3.8, 4) is 0 Å². The van der Waals surface area contributed by atoms with Crippen molar-refractivity contribution in [2.45, 2.75) is 18.5 Å². The molecule has 3 N–H and O–H groups in total. The van der Waals surface area contributed by atoms with Gasteiger partial charge in [-0.15, -0.1) is 0 Å². The summed E-state index contributed by atoms with van der Waals surface area (Å²) in [7, 11) is 0. The lowest BCUT2D eigenvalue weighted by molar-refractivity contribution is -0.128. The first kappa shape index (κ1) is 10.3. The SMILES string of the molecule is NC(CS)C(=O)C1CCN1C(=O)O. The maximum absolute atomic E-state index is 11.4. The summed E-state index contributed by atoms with van der Waals surface area (Å²) >= 11 is 3.88. The highest BCUT2D eigenvalue weighted by atomic mass is 32.1. The number of carbonyl (C=O) groups excluding carboxylic acids is 1. The first-order chi connectivity index (χ1) is 6.07. The van der Waals surface area contributed by atoms with E-state index in [0.717, 1.165) is 4.90 Å². The van der Waals surface area contributed by atoms with Gasteiger partial charge in [0.2, 0.25) is 0 Å². The molecule has 0 radical (unpaired) electrons. The summed E-state index contributed by atoms with van der Waals surface area (Å²) in [6.45, 7) is 0.422. The molecule has 0 spiro atoms. The molecule has 0 saturated carbocycles. The summed E-state index contributed by atoms with van der Waals surface area (Å²) in [4.78, 5) is 23.0. The second-order valence-corrected chi connectivity index (χ2v) is 3.34. The number of likely N-dealkylation sites (tertiary alicyclic amines) is 1. The van der Waals surface area contributed by atoms with Crippen molar-refractivity contribution in [1.29, 1.82) is 0 Å². The summed E-state index contributed by atoms with van der Waals surface area (Å²) in [5, 5.41) is 8.62. The normalized spacial score (nSPS) is 23.5. The van der Waals surface area contributed by atoms with E-state index < -0.39 is 18.2 Å². The molecule has 1 amide bonds. The van der Waals surface area contributed by atoms with E-state index in [-0.39, 0.29) is 11.5 Å². The van der Waals surface area contributed by atoms with Crippen molar-refractivity contribution in [2.24, 2.45) is 5.73 Å². The van der Waals surface area contributed by atoms with E-state index >= 15 is 0 Å². The number of thiol groups is 1. The summed E-state index contributed by atoms with van der Waals surface area (Å²) in [5.41, 5.74) is 5.44. The number of carbonyl (C=O) groups is 2. The smallest absolute Gasteiger partial charge is 0.407 e. The quantitative estimate of drug-likeness (QED) is 0.544. The lowest BCUT2D eigenvalue weighted by Crippen LogP contribution is -2.58. The lowest BCUT2D eigenvalue weighted by atomic mass is 9.95. The molecule has 0 aromatic heterocycles. The van der Waals surface area contributed by atoms with E-state index in [1.807, 2.05) is 0 Å². The molecule has 0 aliphatic carbocycles. The van der Waals surface area contributed by atoms with Crippen LogP contribution in [0.5, 0.6) is 0 Å². The minimum atomic E-state index is -1.06. The van der Waals surface area contributed by atoms with Crippen molar-refractivity contribution in [2.75, 3.05) is 12.3 Å². The van der Waals surface area contributed by atoms with E-state index in [1.165, 1.54) is 0 Å². The number of ketones is 1. The zero-order valence-electron chi connectivity index (χ0n) is 7.01. The molecule has 1 aliphatic heterocycles. The molecule has 1 saturated heterocycles. The van der Waals surface area contributed by atoms with Crippen LogP contribution >= 0.6 is 12.6 Å². The Bertz CT molecular complexity index is 234. The number of hydrogen-bond acceptors (Lipinski definition) is 4. The highest BCUT2D eigenvalue weighted by molar-refractivity contribution is 7.80. The van der Waals surface area contributed by atoms with Gasteiger partial charge < -0.3 is 10.8 Å². The van der Waals surface area contributed by atoms with Crippen molar-refractivity contribution in [3.05, 3.63) is 0 Å². The van der Waals surface area contributed by atoms with Gasteiger partial charge in [-0.05, 0) is 6.42 Å². The first-order valence-electron chi connectivity index (χ1n) is 3.97. The van der Waals surface area contributed by atoms with Crippen LogP contribution in [-0.2, 0) is 4.79 Å². The van der Waals surface area contributed by atoms with Gasteiger partial charge in [-0.25, -0.2) is 4.79 Å². The van der Waals surface area contributed by atoms with Crippen LogP contribution in [0.1, 0.15) is 6.42 Å². The second kappa shape index (κ2) is 3.97. The molecule has 1 aliphatic rings. The maximum Gasteiger partial charge on any atom is 0.407 e. The van der Waals surface area contributed by atoms with Gasteiger partial charge in [-0.1, -0.05) is 0 Å². The molecule has 0 aromatic rings. The van der Waals surface area contributed by atoms with Gasteiger partial charge in [0.25, 0.3) is 0 Å². The van der Waals surface area contributed by atoms with E-state index in [0.29, 0.717) is 13.0 Å². The third-order valence-corrected chi connectivity index (χ3v) is 2.55.